The Hall–Kier alpha value is -1.44. The van der Waals surface area contributed by atoms with Crippen LogP contribution < -0.4 is 4.74 Å². The second-order valence-electron chi connectivity index (χ2n) is 2.77. The lowest BCUT2D eigenvalue weighted by Gasteiger charge is -2.04. The molecule has 0 unspecified atom stereocenters. The standard InChI is InChI=1S/C11H14O2/c1-9-4-5-10(6-7-12-2)8-11(9)13-3/h4-8H,1-3H3/b7-6+. The molecule has 0 saturated heterocycles. The van der Waals surface area contributed by atoms with Gasteiger partial charge in [-0.1, -0.05) is 12.1 Å². The second-order valence-corrected chi connectivity index (χ2v) is 2.77. The normalized spacial score (nSPS) is 10.4. The van der Waals surface area contributed by atoms with Gasteiger partial charge in [-0.25, -0.2) is 0 Å². The van der Waals surface area contributed by atoms with E-state index in [2.05, 4.69) is 0 Å². The predicted octanol–water partition coefficient (Wildman–Crippen LogP) is 2.62. The third-order valence-electron chi connectivity index (χ3n) is 1.83. The maximum atomic E-state index is 5.19. The molecule has 0 spiro atoms. The van der Waals surface area contributed by atoms with Crippen molar-refractivity contribution in [2.24, 2.45) is 0 Å². The molecule has 0 aliphatic rings. The van der Waals surface area contributed by atoms with Gasteiger partial charge in [0.2, 0.25) is 0 Å². The van der Waals surface area contributed by atoms with Crippen LogP contribution in [0.15, 0.2) is 24.5 Å². The molecular formula is C11H14O2. The lowest BCUT2D eigenvalue weighted by Crippen LogP contribution is -1.87. The Balaban J connectivity index is 2.92. The van der Waals surface area contributed by atoms with Crippen LogP contribution in [0.4, 0.5) is 0 Å². The first kappa shape index (κ1) is 9.65. The van der Waals surface area contributed by atoms with Gasteiger partial charge in [0, 0.05) is 0 Å². The average Bonchev–Trinajstić information content (AvgIpc) is 2.16. The van der Waals surface area contributed by atoms with E-state index in [1.165, 1.54) is 0 Å². The monoisotopic (exact) mass is 178 g/mol. The minimum absolute atomic E-state index is 0.901. The number of ether oxygens (including phenoxy) is 2. The summed E-state index contributed by atoms with van der Waals surface area (Å²) in [6.07, 6.45) is 3.53. The van der Waals surface area contributed by atoms with E-state index in [0.29, 0.717) is 0 Å². The number of rotatable bonds is 3. The van der Waals surface area contributed by atoms with E-state index in [9.17, 15) is 0 Å². The number of aryl methyl sites for hydroxylation is 1. The van der Waals surface area contributed by atoms with Crippen LogP contribution in [0.3, 0.4) is 0 Å². The Morgan fingerprint density at radius 1 is 1.23 bits per heavy atom. The molecule has 1 aromatic rings. The zero-order valence-electron chi connectivity index (χ0n) is 8.20. The maximum Gasteiger partial charge on any atom is 0.122 e. The zero-order chi connectivity index (χ0) is 9.68. The summed E-state index contributed by atoms with van der Waals surface area (Å²) in [6, 6.07) is 6.02. The van der Waals surface area contributed by atoms with Gasteiger partial charge in [-0.2, -0.15) is 0 Å². The van der Waals surface area contributed by atoms with Gasteiger partial charge in [0.05, 0.1) is 20.5 Å². The van der Waals surface area contributed by atoms with Gasteiger partial charge < -0.3 is 9.47 Å². The Morgan fingerprint density at radius 2 is 2.00 bits per heavy atom. The smallest absolute Gasteiger partial charge is 0.122 e. The number of hydrogen-bond donors (Lipinski definition) is 0. The van der Waals surface area contributed by atoms with E-state index in [-0.39, 0.29) is 0 Å². The van der Waals surface area contributed by atoms with E-state index in [0.717, 1.165) is 16.9 Å². The second kappa shape index (κ2) is 4.55. The molecule has 2 heteroatoms. The molecule has 1 rings (SSSR count). The molecule has 0 atom stereocenters. The summed E-state index contributed by atoms with van der Waals surface area (Å²) in [4.78, 5) is 0. The largest absolute Gasteiger partial charge is 0.504 e. The van der Waals surface area contributed by atoms with Gasteiger partial charge >= 0.3 is 0 Å². The fourth-order valence-corrected chi connectivity index (χ4v) is 1.09. The highest BCUT2D eigenvalue weighted by Gasteiger charge is 1.97. The molecule has 0 N–H and O–H groups in total. The molecule has 0 bridgehead atoms. The first-order valence-electron chi connectivity index (χ1n) is 4.12. The Bertz CT molecular complexity index is 303. The summed E-state index contributed by atoms with van der Waals surface area (Å²) in [7, 11) is 3.30. The van der Waals surface area contributed by atoms with E-state index in [1.807, 2.05) is 31.2 Å². The van der Waals surface area contributed by atoms with E-state index >= 15 is 0 Å². The lowest BCUT2D eigenvalue weighted by atomic mass is 10.1. The molecule has 0 fully saturated rings. The minimum atomic E-state index is 0.901. The van der Waals surface area contributed by atoms with Crippen LogP contribution in [0, 0.1) is 6.92 Å². The van der Waals surface area contributed by atoms with Gasteiger partial charge in [-0.05, 0) is 30.2 Å². The van der Waals surface area contributed by atoms with E-state index < -0.39 is 0 Å². The van der Waals surface area contributed by atoms with Gasteiger partial charge in [0.15, 0.2) is 0 Å². The van der Waals surface area contributed by atoms with Crippen LogP contribution >= 0.6 is 0 Å². The highest BCUT2D eigenvalue weighted by Crippen LogP contribution is 2.19. The minimum Gasteiger partial charge on any atom is -0.504 e. The third kappa shape index (κ3) is 2.51. The fraction of sp³-hybridized carbons (Fsp3) is 0.273. The molecule has 0 aliphatic carbocycles. The number of hydrogen-bond acceptors (Lipinski definition) is 2. The Labute approximate surface area is 78.8 Å². The number of benzene rings is 1. The summed E-state index contributed by atoms with van der Waals surface area (Å²) in [5.41, 5.74) is 2.21. The first-order chi connectivity index (χ1) is 6.27. The van der Waals surface area contributed by atoms with Crippen molar-refractivity contribution in [2.75, 3.05) is 14.2 Å². The fourth-order valence-electron chi connectivity index (χ4n) is 1.09. The third-order valence-corrected chi connectivity index (χ3v) is 1.83. The Kier molecular flexibility index (Phi) is 3.38. The van der Waals surface area contributed by atoms with Gasteiger partial charge in [-0.15, -0.1) is 0 Å². The van der Waals surface area contributed by atoms with E-state index in [1.54, 1.807) is 20.5 Å². The zero-order valence-corrected chi connectivity index (χ0v) is 8.20. The molecule has 13 heavy (non-hydrogen) atoms. The number of methoxy groups -OCH3 is 2. The molecule has 0 saturated carbocycles. The van der Waals surface area contributed by atoms with Crippen LogP contribution in [-0.4, -0.2) is 14.2 Å². The van der Waals surface area contributed by atoms with Crippen molar-refractivity contribution in [3.8, 4) is 5.75 Å². The summed E-state index contributed by atoms with van der Waals surface area (Å²) >= 11 is 0. The highest BCUT2D eigenvalue weighted by atomic mass is 16.5. The molecule has 0 heterocycles. The molecule has 70 valence electrons. The predicted molar refractivity (Wildman–Crippen MR) is 53.8 cm³/mol. The van der Waals surface area contributed by atoms with Crippen molar-refractivity contribution in [2.45, 2.75) is 6.92 Å². The topological polar surface area (TPSA) is 18.5 Å². The Morgan fingerprint density at radius 3 is 2.62 bits per heavy atom. The highest BCUT2D eigenvalue weighted by molar-refractivity contribution is 5.52. The van der Waals surface area contributed by atoms with Crippen LogP contribution in [0.5, 0.6) is 5.75 Å². The average molecular weight is 178 g/mol. The van der Waals surface area contributed by atoms with Crippen LogP contribution in [0.2, 0.25) is 0 Å². The van der Waals surface area contributed by atoms with Gasteiger partial charge in [-0.3, -0.25) is 0 Å². The summed E-state index contributed by atoms with van der Waals surface area (Å²) in [5.74, 6) is 0.901. The van der Waals surface area contributed by atoms with E-state index in [4.69, 9.17) is 9.47 Å². The molecular weight excluding hydrogens is 164 g/mol. The van der Waals surface area contributed by atoms with Crippen molar-refractivity contribution >= 4 is 6.08 Å². The van der Waals surface area contributed by atoms with Crippen molar-refractivity contribution < 1.29 is 9.47 Å². The van der Waals surface area contributed by atoms with Crippen molar-refractivity contribution in [3.63, 3.8) is 0 Å². The van der Waals surface area contributed by atoms with Crippen molar-refractivity contribution in [1.82, 2.24) is 0 Å². The molecule has 0 radical (unpaired) electrons. The van der Waals surface area contributed by atoms with Crippen LogP contribution in [0.1, 0.15) is 11.1 Å². The summed E-state index contributed by atoms with van der Waals surface area (Å²) in [5, 5.41) is 0. The van der Waals surface area contributed by atoms with Crippen LogP contribution in [0.25, 0.3) is 6.08 Å². The first-order valence-corrected chi connectivity index (χ1v) is 4.12. The summed E-state index contributed by atoms with van der Waals surface area (Å²) < 4.78 is 10.0. The molecule has 0 aromatic heterocycles. The quantitative estimate of drug-likeness (QED) is 0.662. The lowest BCUT2D eigenvalue weighted by molar-refractivity contribution is 0.341. The van der Waals surface area contributed by atoms with Crippen molar-refractivity contribution in [1.29, 1.82) is 0 Å². The summed E-state index contributed by atoms with van der Waals surface area (Å²) in [6.45, 7) is 2.02. The van der Waals surface area contributed by atoms with Gasteiger partial charge in [0.1, 0.15) is 5.75 Å². The maximum absolute atomic E-state index is 5.19. The molecule has 1 aromatic carbocycles. The molecule has 0 amide bonds. The van der Waals surface area contributed by atoms with Crippen LogP contribution in [-0.2, 0) is 4.74 Å². The van der Waals surface area contributed by atoms with Gasteiger partial charge in [0.25, 0.3) is 0 Å². The SMILES string of the molecule is CO/C=C/c1ccc(C)c(OC)c1. The van der Waals surface area contributed by atoms with Crippen molar-refractivity contribution in [3.05, 3.63) is 35.6 Å². The molecule has 2 nitrogen and oxygen atoms in total. The molecule has 0 aliphatic heterocycles.